The molecule has 1 unspecified atom stereocenters. The average molecular weight is 344 g/mol. The second-order valence-electron chi connectivity index (χ2n) is 5.32. The van der Waals surface area contributed by atoms with Crippen molar-refractivity contribution in [3.05, 3.63) is 58.9 Å². The van der Waals surface area contributed by atoms with Gasteiger partial charge in [0.25, 0.3) is 5.56 Å². The summed E-state index contributed by atoms with van der Waals surface area (Å²) in [5.41, 5.74) is 7.27. The van der Waals surface area contributed by atoms with E-state index in [2.05, 4.69) is 16.9 Å². The molecule has 1 atom stereocenters. The highest BCUT2D eigenvalue weighted by Crippen LogP contribution is 2.23. The van der Waals surface area contributed by atoms with E-state index in [1.54, 1.807) is 17.6 Å². The molecule has 1 aromatic heterocycles. The molecule has 24 heavy (non-hydrogen) atoms. The van der Waals surface area contributed by atoms with Crippen LogP contribution in [0.3, 0.4) is 0 Å². The van der Waals surface area contributed by atoms with Crippen LogP contribution in [0.25, 0.3) is 0 Å². The number of nitrogens with zero attached hydrogens (tertiary/aromatic N) is 2. The first-order chi connectivity index (χ1) is 11.4. The Morgan fingerprint density at radius 1 is 1.46 bits per heavy atom. The van der Waals surface area contributed by atoms with Crippen molar-refractivity contribution in [2.24, 2.45) is 0 Å². The molecule has 7 heteroatoms. The first-order valence-corrected chi connectivity index (χ1v) is 8.31. The van der Waals surface area contributed by atoms with E-state index in [0.29, 0.717) is 17.5 Å². The summed E-state index contributed by atoms with van der Waals surface area (Å²) in [4.78, 5) is 27.9. The third-order valence-electron chi connectivity index (χ3n) is 3.30. The number of carbonyl (C=O) groups is 1. The molecular weight excluding hydrogens is 324 g/mol. The summed E-state index contributed by atoms with van der Waals surface area (Å²) in [7, 11) is 0. The van der Waals surface area contributed by atoms with Crippen molar-refractivity contribution < 1.29 is 4.79 Å². The summed E-state index contributed by atoms with van der Waals surface area (Å²) in [5.74, 6) is 0.120. The van der Waals surface area contributed by atoms with E-state index in [4.69, 9.17) is 5.73 Å². The van der Waals surface area contributed by atoms with Crippen LogP contribution >= 0.6 is 11.8 Å². The number of amides is 1. The lowest BCUT2D eigenvalue weighted by atomic mass is 10.2. The number of carbonyl (C=O) groups excluding carboxylic acids is 1. The molecule has 126 valence electrons. The van der Waals surface area contributed by atoms with E-state index in [9.17, 15) is 9.59 Å². The Bertz CT molecular complexity index is 799. The Kier molecular flexibility index (Phi) is 5.81. The molecule has 0 radical (unpaired) electrons. The van der Waals surface area contributed by atoms with E-state index < -0.39 is 10.8 Å². The third kappa shape index (κ3) is 4.48. The van der Waals surface area contributed by atoms with Gasteiger partial charge in [-0.1, -0.05) is 35.5 Å². The van der Waals surface area contributed by atoms with Gasteiger partial charge in [-0.2, -0.15) is 4.98 Å². The van der Waals surface area contributed by atoms with Gasteiger partial charge in [-0.05, 0) is 26.0 Å². The lowest BCUT2D eigenvalue weighted by Gasteiger charge is -2.16. The molecule has 0 aliphatic heterocycles. The third-order valence-corrected chi connectivity index (χ3v) is 4.39. The molecule has 1 aromatic carbocycles. The zero-order chi connectivity index (χ0) is 17.7. The number of nitrogen functional groups attached to an aromatic ring is 1. The van der Waals surface area contributed by atoms with Gasteiger partial charge in [-0.15, -0.1) is 6.58 Å². The van der Waals surface area contributed by atoms with Gasteiger partial charge >= 0.3 is 0 Å². The molecule has 1 heterocycles. The predicted octanol–water partition coefficient (Wildman–Crippen LogP) is 2.44. The highest BCUT2D eigenvalue weighted by Gasteiger charge is 2.18. The van der Waals surface area contributed by atoms with Crippen molar-refractivity contribution >= 4 is 29.2 Å². The fraction of sp³-hybridized carbons (Fsp3) is 0.235. The summed E-state index contributed by atoms with van der Waals surface area (Å²) in [5, 5.41) is 2.79. The minimum Gasteiger partial charge on any atom is -0.385 e. The molecule has 0 saturated carbocycles. The molecule has 0 bridgehead atoms. The summed E-state index contributed by atoms with van der Waals surface area (Å²) < 4.78 is 1.65. The number of thioether (sulfide) groups is 1. The van der Waals surface area contributed by atoms with Gasteiger partial charge in [-0.3, -0.25) is 9.59 Å². The highest BCUT2D eigenvalue weighted by atomic mass is 32.2. The second-order valence-corrected chi connectivity index (χ2v) is 6.62. The standard InChI is InChI=1S/C17H20N4O2S/c1-4-9-21-14(18)10-15(22)20-17(21)24-12(3)16(23)19-13-7-5-11(2)6-8-13/h4-8,10,12H,1,9,18H2,2-3H3,(H,19,23). The summed E-state index contributed by atoms with van der Waals surface area (Å²) >= 11 is 1.18. The van der Waals surface area contributed by atoms with E-state index >= 15 is 0 Å². The number of hydrogen-bond acceptors (Lipinski definition) is 5. The fourth-order valence-electron chi connectivity index (χ4n) is 2.00. The Morgan fingerprint density at radius 2 is 2.12 bits per heavy atom. The SMILES string of the molecule is C=CCn1c(N)cc(=O)nc1SC(C)C(=O)Nc1ccc(C)cc1. The van der Waals surface area contributed by atoms with Crippen LogP contribution in [-0.4, -0.2) is 20.7 Å². The number of rotatable bonds is 6. The van der Waals surface area contributed by atoms with Crippen molar-refractivity contribution in [3.63, 3.8) is 0 Å². The first-order valence-electron chi connectivity index (χ1n) is 7.43. The van der Waals surface area contributed by atoms with Crippen LogP contribution < -0.4 is 16.6 Å². The number of aromatic nitrogens is 2. The number of nitrogens with two attached hydrogens (primary N) is 1. The van der Waals surface area contributed by atoms with Gasteiger partial charge in [0.1, 0.15) is 5.82 Å². The van der Waals surface area contributed by atoms with Gasteiger partial charge in [-0.25, -0.2) is 0 Å². The monoisotopic (exact) mass is 344 g/mol. The molecular formula is C17H20N4O2S. The predicted molar refractivity (Wildman–Crippen MR) is 98.2 cm³/mol. The molecule has 1 amide bonds. The van der Waals surface area contributed by atoms with Crippen molar-refractivity contribution in [1.29, 1.82) is 0 Å². The molecule has 0 aliphatic carbocycles. The summed E-state index contributed by atoms with van der Waals surface area (Å²) in [6.45, 7) is 7.81. The van der Waals surface area contributed by atoms with Gasteiger partial charge in [0.15, 0.2) is 5.16 Å². The molecule has 3 N–H and O–H groups in total. The number of hydrogen-bond donors (Lipinski definition) is 2. The van der Waals surface area contributed by atoms with E-state index in [1.165, 1.54) is 17.8 Å². The minimum absolute atomic E-state index is 0.175. The van der Waals surface area contributed by atoms with E-state index in [-0.39, 0.29) is 5.91 Å². The number of anilines is 2. The molecule has 2 rings (SSSR count). The van der Waals surface area contributed by atoms with Crippen LogP contribution in [0, 0.1) is 6.92 Å². The number of aryl methyl sites for hydroxylation is 1. The zero-order valence-electron chi connectivity index (χ0n) is 13.7. The maximum atomic E-state index is 12.3. The maximum Gasteiger partial charge on any atom is 0.275 e. The summed E-state index contributed by atoms with van der Waals surface area (Å²) in [6.07, 6.45) is 1.66. The van der Waals surface area contributed by atoms with Crippen LogP contribution in [0.15, 0.2) is 52.9 Å². The molecule has 2 aromatic rings. The van der Waals surface area contributed by atoms with Gasteiger partial charge in [0.05, 0.1) is 5.25 Å². The largest absolute Gasteiger partial charge is 0.385 e. The van der Waals surface area contributed by atoms with E-state index in [1.807, 2.05) is 31.2 Å². The Balaban J connectivity index is 2.15. The Hall–Kier alpha value is -2.54. The molecule has 0 spiro atoms. The fourth-order valence-corrected chi connectivity index (χ4v) is 2.93. The first kappa shape index (κ1) is 17.8. The number of allylic oxidation sites excluding steroid dienone is 1. The van der Waals surface area contributed by atoms with Gasteiger partial charge in [0.2, 0.25) is 5.91 Å². The lowest BCUT2D eigenvalue weighted by molar-refractivity contribution is -0.115. The van der Waals surface area contributed by atoms with Crippen LogP contribution in [0.2, 0.25) is 0 Å². The number of nitrogens with one attached hydrogen (secondary N) is 1. The van der Waals surface area contributed by atoms with Crippen molar-refractivity contribution in [2.45, 2.75) is 30.8 Å². The Labute approximate surface area is 144 Å². The maximum absolute atomic E-state index is 12.3. The van der Waals surface area contributed by atoms with E-state index in [0.717, 1.165) is 11.3 Å². The molecule has 0 saturated heterocycles. The van der Waals surface area contributed by atoms with Gasteiger partial charge < -0.3 is 15.6 Å². The normalized spacial score (nSPS) is 11.8. The summed E-state index contributed by atoms with van der Waals surface area (Å²) in [6, 6.07) is 8.79. The second kappa shape index (κ2) is 7.83. The van der Waals surface area contributed by atoms with Crippen molar-refractivity contribution in [2.75, 3.05) is 11.1 Å². The quantitative estimate of drug-likeness (QED) is 0.477. The lowest BCUT2D eigenvalue weighted by Crippen LogP contribution is -2.25. The smallest absolute Gasteiger partial charge is 0.275 e. The molecule has 6 nitrogen and oxygen atoms in total. The zero-order valence-corrected chi connectivity index (χ0v) is 14.5. The number of benzene rings is 1. The molecule has 0 fully saturated rings. The van der Waals surface area contributed by atoms with Crippen LogP contribution in [0.1, 0.15) is 12.5 Å². The van der Waals surface area contributed by atoms with Gasteiger partial charge in [0, 0.05) is 18.3 Å². The van der Waals surface area contributed by atoms with Crippen LogP contribution in [0.4, 0.5) is 11.5 Å². The minimum atomic E-state index is -0.448. The highest BCUT2D eigenvalue weighted by molar-refractivity contribution is 8.00. The Morgan fingerprint density at radius 3 is 2.75 bits per heavy atom. The van der Waals surface area contributed by atoms with Crippen LogP contribution in [0.5, 0.6) is 0 Å². The topological polar surface area (TPSA) is 90.0 Å². The van der Waals surface area contributed by atoms with Crippen molar-refractivity contribution in [1.82, 2.24) is 9.55 Å². The van der Waals surface area contributed by atoms with Crippen molar-refractivity contribution in [3.8, 4) is 0 Å². The average Bonchev–Trinajstić information content (AvgIpc) is 2.52. The van der Waals surface area contributed by atoms with Crippen LogP contribution in [-0.2, 0) is 11.3 Å². The molecule has 0 aliphatic rings.